The maximum absolute atomic E-state index is 10.1. The monoisotopic (exact) mass is 119 g/mol. The number of nitrogens with zero attached hydrogens (tertiary/aromatic N) is 1. The molecule has 0 aliphatic carbocycles. The van der Waals surface area contributed by atoms with Gasteiger partial charge < -0.3 is 0 Å². The SMILES string of the molecule is N#CC=S(N)(N)=O. The first-order chi connectivity index (χ1) is 3.06. The molecule has 0 aromatic carbocycles. The Balaban J connectivity index is 4.43. The summed E-state index contributed by atoms with van der Waals surface area (Å²) in [4.78, 5) is 0. The van der Waals surface area contributed by atoms with Crippen LogP contribution in [0.3, 0.4) is 0 Å². The van der Waals surface area contributed by atoms with Gasteiger partial charge in [0.1, 0.15) is 6.07 Å². The third-order valence-corrected chi connectivity index (χ3v) is 0.711. The smallest absolute Gasteiger partial charge is 0.103 e. The summed E-state index contributed by atoms with van der Waals surface area (Å²) in [5.74, 6) is 0. The highest BCUT2D eigenvalue weighted by atomic mass is 32.2. The zero-order valence-electron chi connectivity index (χ0n) is 3.50. The van der Waals surface area contributed by atoms with E-state index in [1.807, 2.05) is 0 Å². The van der Waals surface area contributed by atoms with Crippen LogP contribution in [0.1, 0.15) is 0 Å². The summed E-state index contributed by atoms with van der Waals surface area (Å²) < 4.78 is 10.1. The molecule has 7 heavy (non-hydrogen) atoms. The van der Waals surface area contributed by atoms with Crippen LogP contribution in [0.15, 0.2) is 0 Å². The second kappa shape index (κ2) is 1.93. The number of hydrogen-bond donors (Lipinski definition) is 2. The first kappa shape index (κ1) is 6.43. The second-order valence-corrected chi connectivity index (χ2v) is 2.57. The molecule has 0 heterocycles. The van der Waals surface area contributed by atoms with Crippen molar-refractivity contribution in [2.24, 2.45) is 10.3 Å². The molecule has 4 nitrogen and oxygen atoms in total. The standard InChI is InChI=1S/C2H5N3OS/c3-1-2-7(4,5)6/h2H,(H4,4,5,6). The molecule has 0 unspecified atom stereocenters. The highest BCUT2D eigenvalue weighted by Crippen LogP contribution is 1.53. The Hall–Kier alpha value is -0.570. The molecular formula is C2H5N3OS. The van der Waals surface area contributed by atoms with Gasteiger partial charge in [-0.1, -0.05) is 0 Å². The van der Waals surface area contributed by atoms with E-state index in [9.17, 15) is 4.21 Å². The van der Waals surface area contributed by atoms with Crippen LogP contribution in [0.25, 0.3) is 0 Å². The van der Waals surface area contributed by atoms with Crippen molar-refractivity contribution in [3.63, 3.8) is 0 Å². The maximum Gasteiger partial charge on any atom is 0.103 e. The molecule has 4 N–H and O–H groups in total. The van der Waals surface area contributed by atoms with E-state index >= 15 is 0 Å². The summed E-state index contributed by atoms with van der Waals surface area (Å²) in [6.07, 6.45) is 0. The summed E-state index contributed by atoms with van der Waals surface area (Å²) >= 11 is 0. The topological polar surface area (TPSA) is 92.9 Å². The van der Waals surface area contributed by atoms with Gasteiger partial charge >= 0.3 is 0 Å². The molecule has 0 fully saturated rings. The van der Waals surface area contributed by atoms with Crippen LogP contribution in [0, 0.1) is 11.3 Å². The Kier molecular flexibility index (Phi) is 1.77. The lowest BCUT2D eigenvalue weighted by atomic mass is 10.9. The predicted octanol–water partition coefficient (Wildman–Crippen LogP) is -1.66. The van der Waals surface area contributed by atoms with Crippen molar-refractivity contribution < 1.29 is 4.21 Å². The van der Waals surface area contributed by atoms with Gasteiger partial charge in [0.2, 0.25) is 0 Å². The Morgan fingerprint density at radius 1 is 1.71 bits per heavy atom. The third-order valence-electron chi connectivity index (χ3n) is 0.237. The highest BCUT2D eigenvalue weighted by Gasteiger charge is 1.80. The summed E-state index contributed by atoms with van der Waals surface area (Å²) in [5, 5.41) is 17.8. The van der Waals surface area contributed by atoms with E-state index in [1.54, 1.807) is 0 Å². The molecule has 0 saturated heterocycles. The Morgan fingerprint density at radius 2 is 2.14 bits per heavy atom. The molecule has 5 heteroatoms. The molecule has 0 rings (SSSR count). The summed E-state index contributed by atoms with van der Waals surface area (Å²) in [6.45, 7) is 0. The van der Waals surface area contributed by atoms with Crippen molar-refractivity contribution in [3.8, 4) is 6.07 Å². The van der Waals surface area contributed by atoms with Crippen LogP contribution < -0.4 is 10.3 Å². The fourth-order valence-corrected chi connectivity index (χ4v) is 0.247. The fourth-order valence-electron chi connectivity index (χ4n) is 0.0824. The van der Waals surface area contributed by atoms with Gasteiger partial charge in [-0.05, 0) is 0 Å². The van der Waals surface area contributed by atoms with E-state index in [0.717, 1.165) is 0 Å². The largest absolute Gasteiger partial charge is 0.247 e. The van der Waals surface area contributed by atoms with Crippen molar-refractivity contribution in [3.05, 3.63) is 0 Å². The van der Waals surface area contributed by atoms with Crippen LogP contribution in [-0.2, 0) is 9.89 Å². The van der Waals surface area contributed by atoms with Gasteiger partial charge in [-0.15, -0.1) is 0 Å². The number of nitriles is 1. The quantitative estimate of drug-likeness (QED) is 0.373. The fraction of sp³-hybridized carbons (Fsp3) is 0. The average Bonchev–Trinajstić information content (AvgIpc) is 1.30. The number of hydrogen-bond acceptors (Lipinski definition) is 2. The Morgan fingerprint density at radius 3 is 2.14 bits per heavy atom. The molecule has 0 saturated carbocycles. The van der Waals surface area contributed by atoms with E-state index in [0.29, 0.717) is 5.37 Å². The molecule has 0 radical (unpaired) electrons. The molecule has 40 valence electrons. The van der Waals surface area contributed by atoms with Crippen molar-refractivity contribution in [1.82, 2.24) is 0 Å². The summed E-state index contributed by atoms with van der Waals surface area (Å²) in [5.41, 5.74) is 0. The van der Waals surface area contributed by atoms with Gasteiger partial charge in [0.25, 0.3) is 0 Å². The highest BCUT2D eigenvalue weighted by molar-refractivity contribution is 7.97. The Bertz CT molecular complexity index is 185. The lowest BCUT2D eigenvalue weighted by molar-refractivity contribution is 0.683. The van der Waals surface area contributed by atoms with Crippen molar-refractivity contribution in [2.75, 3.05) is 0 Å². The van der Waals surface area contributed by atoms with Gasteiger partial charge in [-0.3, -0.25) is 0 Å². The lowest BCUT2D eigenvalue weighted by Crippen LogP contribution is -2.24. The molecule has 0 aliphatic heterocycles. The van der Waals surface area contributed by atoms with Gasteiger partial charge in [-0.25, -0.2) is 14.5 Å². The van der Waals surface area contributed by atoms with Gasteiger partial charge in [-0.2, -0.15) is 5.26 Å². The van der Waals surface area contributed by atoms with Crippen LogP contribution in [0.2, 0.25) is 0 Å². The molecule has 0 aliphatic rings. The predicted molar refractivity (Wildman–Crippen MR) is 28.2 cm³/mol. The number of nitrogens with two attached hydrogens (primary N) is 2. The minimum absolute atomic E-state index is 0.701. The van der Waals surface area contributed by atoms with E-state index in [2.05, 4.69) is 10.3 Å². The zero-order chi connectivity index (χ0) is 5.91. The van der Waals surface area contributed by atoms with Gasteiger partial charge in [0.15, 0.2) is 0 Å². The Labute approximate surface area is 42.0 Å². The molecule has 0 bridgehead atoms. The zero-order valence-corrected chi connectivity index (χ0v) is 4.31. The van der Waals surface area contributed by atoms with E-state index in [1.165, 1.54) is 6.07 Å². The van der Waals surface area contributed by atoms with Crippen LogP contribution in [0.4, 0.5) is 0 Å². The summed E-state index contributed by atoms with van der Waals surface area (Å²) in [7, 11) is -2.91. The van der Waals surface area contributed by atoms with Crippen molar-refractivity contribution in [2.45, 2.75) is 0 Å². The lowest BCUT2D eigenvalue weighted by Gasteiger charge is -1.84. The second-order valence-electron chi connectivity index (χ2n) is 0.944. The van der Waals surface area contributed by atoms with Crippen molar-refractivity contribution >= 4 is 15.3 Å². The van der Waals surface area contributed by atoms with Crippen LogP contribution in [0.5, 0.6) is 0 Å². The van der Waals surface area contributed by atoms with Crippen LogP contribution in [-0.4, -0.2) is 9.58 Å². The molecule has 0 spiro atoms. The third kappa shape index (κ3) is 5.43. The molecule has 0 amide bonds. The first-order valence-corrected chi connectivity index (χ1v) is 3.13. The molecule has 0 atom stereocenters. The molecule has 0 aromatic heterocycles. The van der Waals surface area contributed by atoms with Gasteiger partial charge in [0.05, 0.1) is 15.3 Å². The minimum Gasteiger partial charge on any atom is -0.247 e. The van der Waals surface area contributed by atoms with E-state index < -0.39 is 9.89 Å². The maximum atomic E-state index is 10.1. The van der Waals surface area contributed by atoms with Crippen LogP contribution >= 0.6 is 0 Å². The molecule has 0 aromatic rings. The first-order valence-electron chi connectivity index (χ1n) is 1.39. The normalized spacial score (nSPS) is 9.86. The summed E-state index contributed by atoms with van der Waals surface area (Å²) in [6, 6.07) is 1.46. The van der Waals surface area contributed by atoms with E-state index in [4.69, 9.17) is 5.26 Å². The number of rotatable bonds is 0. The average molecular weight is 119 g/mol. The van der Waals surface area contributed by atoms with Gasteiger partial charge in [0, 0.05) is 0 Å². The van der Waals surface area contributed by atoms with Crippen molar-refractivity contribution in [1.29, 1.82) is 5.26 Å². The molecular weight excluding hydrogens is 114 g/mol. The minimum atomic E-state index is -2.91. The van der Waals surface area contributed by atoms with E-state index in [-0.39, 0.29) is 0 Å².